The van der Waals surface area contributed by atoms with Gasteiger partial charge in [-0.15, -0.1) is 0 Å². The maximum absolute atomic E-state index is 10.4. The van der Waals surface area contributed by atoms with Gasteiger partial charge < -0.3 is 8.58 Å². The Balaban J connectivity index is 0.000000238. The van der Waals surface area contributed by atoms with E-state index >= 15 is 0 Å². The Hall–Kier alpha value is -1.00. The summed E-state index contributed by atoms with van der Waals surface area (Å²) in [5, 5.41) is 2.68. The molecule has 0 unspecified atom stereocenters. The molecule has 0 aliphatic carbocycles. The van der Waals surface area contributed by atoms with E-state index in [4.69, 9.17) is 4.55 Å². The topological polar surface area (TPSA) is 54.4 Å². The fourth-order valence-electron chi connectivity index (χ4n) is 1.75. The molecule has 3 aromatic rings. The Bertz CT molecular complexity index is 773. The molecule has 3 rings (SSSR count). The molecule has 0 atom stereocenters. The second kappa shape index (κ2) is 10.8. The zero-order chi connectivity index (χ0) is 16.5. The average Bonchev–Trinajstić information content (AvgIpc) is 2.57. The van der Waals surface area contributed by atoms with Crippen LogP contribution < -0.4 is 40.2 Å². The van der Waals surface area contributed by atoms with Crippen molar-refractivity contribution in [3.63, 3.8) is 0 Å². The molecule has 24 heavy (non-hydrogen) atoms. The van der Waals surface area contributed by atoms with Crippen LogP contribution in [0.4, 0.5) is 0 Å². The molecule has 0 saturated heterocycles. The van der Waals surface area contributed by atoms with Gasteiger partial charge in [0.1, 0.15) is 0 Å². The van der Waals surface area contributed by atoms with Crippen molar-refractivity contribution in [2.75, 3.05) is 0 Å². The first-order valence-corrected chi connectivity index (χ1v) is 9.23. The van der Waals surface area contributed by atoms with Crippen LogP contribution in [0, 0.1) is 0 Å². The van der Waals surface area contributed by atoms with Crippen molar-refractivity contribution in [2.24, 2.45) is 0 Å². The standard InChI is InChI=1S/C12H10P.C6H6O3S.Na/c1-3-7-11(8-4-1)13-12-9-5-2-6-10-12;7-10(8,9)6-4-2-1-3-5-6;/h1-10H;1-5H,(H,7,8,9);/q-1;;+1. The summed E-state index contributed by atoms with van der Waals surface area (Å²) >= 11 is 0. The minimum Gasteiger partial charge on any atom is -0.472 e. The molecule has 0 radical (unpaired) electrons. The fraction of sp³-hybridized carbons (Fsp3) is 0. The van der Waals surface area contributed by atoms with E-state index in [-0.39, 0.29) is 34.5 Å². The Morgan fingerprint density at radius 2 is 0.958 bits per heavy atom. The summed E-state index contributed by atoms with van der Waals surface area (Å²) in [4.78, 5) is -0.0741. The van der Waals surface area contributed by atoms with E-state index in [1.807, 2.05) is 12.1 Å². The third-order valence-electron chi connectivity index (χ3n) is 2.81. The molecular weight excluding hydrogens is 350 g/mol. The van der Waals surface area contributed by atoms with E-state index in [9.17, 15) is 8.42 Å². The summed E-state index contributed by atoms with van der Waals surface area (Å²) in [5.41, 5.74) is 0. The summed E-state index contributed by atoms with van der Waals surface area (Å²) in [7, 11) is -2.72. The fourth-order valence-corrected chi connectivity index (χ4v) is 3.19. The van der Waals surface area contributed by atoms with Crippen LogP contribution in [-0.4, -0.2) is 13.0 Å². The van der Waals surface area contributed by atoms with Gasteiger partial charge in [-0.25, -0.2) is 10.6 Å². The Labute approximate surface area is 167 Å². The minimum atomic E-state index is -4.00. The molecule has 118 valence electrons. The van der Waals surface area contributed by atoms with Crippen LogP contribution in [0.1, 0.15) is 0 Å². The molecule has 3 aromatic carbocycles. The van der Waals surface area contributed by atoms with Crippen LogP contribution in [-0.2, 0) is 10.1 Å². The van der Waals surface area contributed by atoms with Gasteiger partial charge in [0.05, 0.1) is 4.90 Å². The van der Waals surface area contributed by atoms with Crippen molar-refractivity contribution in [3.05, 3.63) is 91.0 Å². The molecular formula is C18H16NaO3PS. The Morgan fingerprint density at radius 3 is 1.25 bits per heavy atom. The zero-order valence-corrected chi connectivity index (χ0v) is 17.0. The summed E-state index contributed by atoms with van der Waals surface area (Å²) in [6.07, 6.45) is 0. The van der Waals surface area contributed by atoms with Gasteiger partial charge in [-0.2, -0.15) is 8.42 Å². The molecule has 0 amide bonds. The van der Waals surface area contributed by atoms with E-state index in [1.54, 1.807) is 18.2 Å². The van der Waals surface area contributed by atoms with Crippen molar-refractivity contribution >= 4 is 29.3 Å². The van der Waals surface area contributed by atoms with E-state index in [0.29, 0.717) is 0 Å². The van der Waals surface area contributed by atoms with Gasteiger partial charge in [-0.05, 0) is 12.1 Å². The third-order valence-corrected chi connectivity index (χ3v) is 4.79. The van der Waals surface area contributed by atoms with Gasteiger partial charge in [0, 0.05) is 0 Å². The number of rotatable bonds is 3. The third kappa shape index (κ3) is 7.71. The van der Waals surface area contributed by atoms with Crippen LogP contribution in [0.25, 0.3) is 0 Å². The van der Waals surface area contributed by atoms with E-state index in [1.165, 1.54) is 31.3 Å². The second-order valence-corrected chi connectivity index (χ2v) is 7.25. The van der Waals surface area contributed by atoms with Gasteiger partial charge in [0.25, 0.3) is 10.1 Å². The molecule has 0 saturated carbocycles. The SMILES string of the molecule is O=S(=O)(O)c1ccccc1.[Na+].c1ccc([P-]c2ccccc2)cc1. The van der Waals surface area contributed by atoms with Crippen molar-refractivity contribution in [2.45, 2.75) is 4.90 Å². The average molecular weight is 366 g/mol. The molecule has 0 heterocycles. The normalized spacial score (nSPS) is 10.0. The summed E-state index contributed by atoms with van der Waals surface area (Å²) in [6, 6.07) is 28.4. The Morgan fingerprint density at radius 1 is 0.625 bits per heavy atom. The first-order chi connectivity index (χ1) is 11.1. The summed E-state index contributed by atoms with van der Waals surface area (Å²) in [6.45, 7) is 0. The quantitative estimate of drug-likeness (QED) is 0.418. The molecule has 6 heteroatoms. The predicted molar refractivity (Wildman–Crippen MR) is 95.3 cm³/mol. The maximum Gasteiger partial charge on any atom is 1.00 e. The molecule has 3 nitrogen and oxygen atoms in total. The van der Waals surface area contributed by atoms with Crippen LogP contribution in [0.5, 0.6) is 0 Å². The monoisotopic (exact) mass is 366 g/mol. The maximum atomic E-state index is 10.4. The Kier molecular flexibility index (Phi) is 9.45. The van der Waals surface area contributed by atoms with Gasteiger partial charge >= 0.3 is 29.6 Å². The van der Waals surface area contributed by atoms with Gasteiger partial charge in [0.2, 0.25) is 0 Å². The van der Waals surface area contributed by atoms with Gasteiger partial charge in [-0.3, -0.25) is 4.55 Å². The van der Waals surface area contributed by atoms with Crippen molar-refractivity contribution < 1.29 is 42.5 Å². The van der Waals surface area contributed by atoms with Crippen LogP contribution in [0.2, 0.25) is 0 Å². The van der Waals surface area contributed by atoms with Crippen molar-refractivity contribution in [1.82, 2.24) is 0 Å². The largest absolute Gasteiger partial charge is 1.00 e. The second-order valence-electron chi connectivity index (χ2n) is 4.57. The van der Waals surface area contributed by atoms with E-state index < -0.39 is 10.1 Å². The van der Waals surface area contributed by atoms with Crippen LogP contribution in [0.3, 0.4) is 0 Å². The zero-order valence-electron chi connectivity index (χ0n) is 13.3. The molecule has 1 N–H and O–H groups in total. The smallest absolute Gasteiger partial charge is 0.472 e. The molecule has 0 aliphatic rings. The van der Waals surface area contributed by atoms with Crippen molar-refractivity contribution in [1.29, 1.82) is 0 Å². The molecule has 0 fully saturated rings. The molecule has 0 aromatic heterocycles. The molecule has 0 bridgehead atoms. The molecule has 0 aliphatic heterocycles. The minimum absolute atomic E-state index is 0. The predicted octanol–water partition coefficient (Wildman–Crippen LogP) is 0.521. The molecule has 0 spiro atoms. The summed E-state index contributed by atoms with van der Waals surface area (Å²) < 4.78 is 29.2. The van der Waals surface area contributed by atoms with Gasteiger partial charge in [-0.1, -0.05) is 78.9 Å². The van der Waals surface area contributed by atoms with Crippen molar-refractivity contribution in [3.8, 4) is 0 Å². The number of hydrogen-bond donors (Lipinski definition) is 1. The van der Waals surface area contributed by atoms with E-state index in [0.717, 1.165) is 0 Å². The summed E-state index contributed by atoms with van der Waals surface area (Å²) in [5.74, 6) is 0. The number of hydrogen-bond acceptors (Lipinski definition) is 2. The van der Waals surface area contributed by atoms with Crippen LogP contribution in [0.15, 0.2) is 95.9 Å². The first kappa shape index (κ1) is 21.0. The van der Waals surface area contributed by atoms with Gasteiger partial charge in [0.15, 0.2) is 0 Å². The first-order valence-electron chi connectivity index (χ1n) is 6.90. The van der Waals surface area contributed by atoms with E-state index in [2.05, 4.69) is 48.5 Å². The number of benzene rings is 3. The van der Waals surface area contributed by atoms with Crippen LogP contribution >= 0.6 is 8.58 Å².